The van der Waals surface area contributed by atoms with E-state index in [1.807, 2.05) is 18.2 Å². The fourth-order valence-electron chi connectivity index (χ4n) is 1.57. The first-order valence-corrected chi connectivity index (χ1v) is 6.82. The Balaban J connectivity index is 0.00000361. The number of aliphatic imine (C=N–C) groups is 1. The molecule has 0 aliphatic rings. The minimum atomic E-state index is 0. The van der Waals surface area contributed by atoms with Gasteiger partial charge in [0.15, 0.2) is 5.96 Å². The van der Waals surface area contributed by atoms with Crippen LogP contribution in [0, 0.1) is 6.92 Å². The number of aryl methyl sites for hydroxylation is 1. The number of nitrogens with zero attached hydrogens (tertiary/aromatic N) is 1. The van der Waals surface area contributed by atoms with Crippen molar-refractivity contribution in [2.45, 2.75) is 33.2 Å². The second kappa shape index (κ2) is 10.8. The standard InChI is InChI=1S/C15H25N3O.HI/c1-5-13(3)18-15(16-4)17-9-10-19-14-8-6-7-12(2)11-14;/h6-8,11,13H,5,9-10H2,1-4H3,(H2,16,17,18);1H. The van der Waals surface area contributed by atoms with Crippen molar-refractivity contribution in [2.24, 2.45) is 4.99 Å². The molecular weight excluding hydrogens is 365 g/mol. The van der Waals surface area contributed by atoms with Crippen molar-refractivity contribution in [1.82, 2.24) is 10.6 Å². The van der Waals surface area contributed by atoms with Crippen molar-refractivity contribution >= 4 is 29.9 Å². The molecule has 0 fully saturated rings. The number of nitrogens with one attached hydrogen (secondary N) is 2. The van der Waals surface area contributed by atoms with Gasteiger partial charge in [0.2, 0.25) is 0 Å². The Kier molecular flexibility index (Phi) is 10.2. The molecule has 2 N–H and O–H groups in total. The second-order valence-corrected chi connectivity index (χ2v) is 4.62. The molecule has 0 bridgehead atoms. The van der Waals surface area contributed by atoms with Crippen LogP contribution in [-0.2, 0) is 0 Å². The Morgan fingerprint density at radius 2 is 2.15 bits per heavy atom. The van der Waals surface area contributed by atoms with E-state index in [-0.39, 0.29) is 24.0 Å². The van der Waals surface area contributed by atoms with Crippen molar-refractivity contribution in [2.75, 3.05) is 20.2 Å². The summed E-state index contributed by atoms with van der Waals surface area (Å²) in [5, 5.41) is 6.54. The highest BCUT2D eigenvalue weighted by Gasteiger charge is 2.02. The predicted molar refractivity (Wildman–Crippen MR) is 96.3 cm³/mol. The summed E-state index contributed by atoms with van der Waals surface area (Å²) in [4.78, 5) is 4.17. The molecule has 1 atom stereocenters. The van der Waals surface area contributed by atoms with Gasteiger partial charge >= 0.3 is 0 Å². The average molecular weight is 391 g/mol. The molecule has 20 heavy (non-hydrogen) atoms. The third-order valence-corrected chi connectivity index (χ3v) is 2.87. The molecule has 0 aliphatic heterocycles. The Bertz CT molecular complexity index is 410. The molecule has 0 saturated heterocycles. The Labute approximate surface area is 139 Å². The minimum Gasteiger partial charge on any atom is -0.492 e. The van der Waals surface area contributed by atoms with Crippen LogP contribution in [-0.4, -0.2) is 32.2 Å². The zero-order valence-electron chi connectivity index (χ0n) is 12.8. The molecule has 0 amide bonds. The lowest BCUT2D eigenvalue weighted by molar-refractivity contribution is 0.321. The number of hydrogen-bond donors (Lipinski definition) is 2. The molecule has 0 spiro atoms. The lowest BCUT2D eigenvalue weighted by Crippen LogP contribution is -2.43. The molecular formula is C15H26IN3O. The smallest absolute Gasteiger partial charge is 0.191 e. The summed E-state index contributed by atoms with van der Waals surface area (Å²) in [5.41, 5.74) is 1.21. The summed E-state index contributed by atoms with van der Waals surface area (Å²) in [7, 11) is 1.78. The molecule has 1 aromatic rings. The van der Waals surface area contributed by atoms with Crippen LogP contribution in [0.2, 0.25) is 0 Å². The molecule has 4 nitrogen and oxygen atoms in total. The van der Waals surface area contributed by atoms with Gasteiger partial charge in [0.1, 0.15) is 12.4 Å². The molecule has 114 valence electrons. The van der Waals surface area contributed by atoms with Gasteiger partial charge in [-0.1, -0.05) is 19.1 Å². The fourth-order valence-corrected chi connectivity index (χ4v) is 1.57. The molecule has 0 saturated carbocycles. The number of rotatable bonds is 6. The molecule has 0 radical (unpaired) electrons. The van der Waals surface area contributed by atoms with Gasteiger partial charge in [-0.2, -0.15) is 0 Å². The first-order chi connectivity index (χ1) is 9.15. The van der Waals surface area contributed by atoms with E-state index in [0.29, 0.717) is 12.6 Å². The van der Waals surface area contributed by atoms with Gasteiger partial charge in [0.05, 0.1) is 6.54 Å². The van der Waals surface area contributed by atoms with Crippen molar-refractivity contribution in [3.8, 4) is 5.75 Å². The summed E-state index contributed by atoms with van der Waals surface area (Å²) in [6, 6.07) is 8.49. The quantitative estimate of drug-likeness (QED) is 0.339. The van der Waals surface area contributed by atoms with E-state index in [1.165, 1.54) is 5.56 Å². The Hall–Kier alpha value is -0.980. The predicted octanol–water partition coefficient (Wildman–Crippen LogP) is 2.96. The Morgan fingerprint density at radius 3 is 2.75 bits per heavy atom. The summed E-state index contributed by atoms with van der Waals surface area (Å²) in [5.74, 6) is 1.73. The largest absolute Gasteiger partial charge is 0.492 e. The van der Waals surface area contributed by atoms with Gasteiger partial charge in [-0.3, -0.25) is 4.99 Å². The number of halogens is 1. The van der Waals surface area contributed by atoms with Crippen LogP contribution in [0.4, 0.5) is 0 Å². The maximum absolute atomic E-state index is 5.67. The average Bonchev–Trinajstić information content (AvgIpc) is 2.42. The molecule has 1 rings (SSSR count). The zero-order valence-corrected chi connectivity index (χ0v) is 15.1. The number of hydrogen-bond acceptors (Lipinski definition) is 2. The van der Waals surface area contributed by atoms with Crippen LogP contribution in [0.15, 0.2) is 29.3 Å². The maximum atomic E-state index is 5.67. The second-order valence-electron chi connectivity index (χ2n) is 4.62. The van der Waals surface area contributed by atoms with Gasteiger partial charge in [0.25, 0.3) is 0 Å². The number of guanidine groups is 1. The highest BCUT2D eigenvalue weighted by molar-refractivity contribution is 14.0. The van der Waals surface area contributed by atoms with Crippen LogP contribution in [0.1, 0.15) is 25.8 Å². The summed E-state index contributed by atoms with van der Waals surface area (Å²) < 4.78 is 5.67. The Morgan fingerprint density at radius 1 is 1.40 bits per heavy atom. The highest BCUT2D eigenvalue weighted by atomic mass is 127. The summed E-state index contributed by atoms with van der Waals surface area (Å²) in [6.07, 6.45) is 1.07. The first kappa shape index (κ1) is 19.0. The molecule has 0 aromatic heterocycles. The van der Waals surface area contributed by atoms with Gasteiger partial charge in [0, 0.05) is 13.1 Å². The van der Waals surface area contributed by atoms with E-state index in [4.69, 9.17) is 4.74 Å². The third-order valence-electron chi connectivity index (χ3n) is 2.87. The van der Waals surface area contributed by atoms with Gasteiger partial charge < -0.3 is 15.4 Å². The van der Waals surface area contributed by atoms with Crippen molar-refractivity contribution in [1.29, 1.82) is 0 Å². The molecule has 1 unspecified atom stereocenters. The van der Waals surface area contributed by atoms with Gasteiger partial charge in [-0.15, -0.1) is 24.0 Å². The molecule has 0 heterocycles. The highest BCUT2D eigenvalue weighted by Crippen LogP contribution is 2.11. The van der Waals surface area contributed by atoms with E-state index < -0.39 is 0 Å². The molecule has 0 aliphatic carbocycles. The van der Waals surface area contributed by atoms with Crippen molar-refractivity contribution in [3.63, 3.8) is 0 Å². The van der Waals surface area contributed by atoms with Crippen molar-refractivity contribution < 1.29 is 4.74 Å². The minimum absolute atomic E-state index is 0. The van der Waals surface area contributed by atoms with Crippen LogP contribution >= 0.6 is 24.0 Å². The monoisotopic (exact) mass is 391 g/mol. The first-order valence-electron chi connectivity index (χ1n) is 6.82. The SMILES string of the molecule is CCC(C)NC(=NC)NCCOc1cccc(C)c1.I. The van der Waals surface area contributed by atoms with Crippen molar-refractivity contribution in [3.05, 3.63) is 29.8 Å². The lowest BCUT2D eigenvalue weighted by atomic mass is 10.2. The van der Waals surface area contributed by atoms with E-state index in [0.717, 1.165) is 24.7 Å². The lowest BCUT2D eigenvalue weighted by Gasteiger charge is -2.16. The topological polar surface area (TPSA) is 45.7 Å². The third kappa shape index (κ3) is 7.57. The fraction of sp³-hybridized carbons (Fsp3) is 0.533. The van der Waals surface area contributed by atoms with E-state index in [9.17, 15) is 0 Å². The van der Waals surface area contributed by atoms with Crippen LogP contribution in [0.5, 0.6) is 5.75 Å². The van der Waals surface area contributed by atoms with E-state index in [1.54, 1.807) is 7.05 Å². The maximum Gasteiger partial charge on any atom is 0.191 e. The number of ether oxygens (including phenoxy) is 1. The summed E-state index contributed by atoms with van der Waals surface area (Å²) >= 11 is 0. The van der Waals surface area contributed by atoms with Gasteiger partial charge in [-0.05, 0) is 38.0 Å². The van der Waals surface area contributed by atoms with E-state index >= 15 is 0 Å². The van der Waals surface area contributed by atoms with Crippen LogP contribution < -0.4 is 15.4 Å². The van der Waals surface area contributed by atoms with Gasteiger partial charge in [-0.25, -0.2) is 0 Å². The number of benzene rings is 1. The normalized spacial score (nSPS) is 12.3. The van der Waals surface area contributed by atoms with Crippen LogP contribution in [0.25, 0.3) is 0 Å². The molecule has 5 heteroatoms. The summed E-state index contributed by atoms with van der Waals surface area (Å²) in [6.45, 7) is 7.68. The van der Waals surface area contributed by atoms with E-state index in [2.05, 4.69) is 42.5 Å². The molecule has 1 aromatic carbocycles. The zero-order chi connectivity index (χ0) is 14.1. The van der Waals surface area contributed by atoms with Crippen LogP contribution in [0.3, 0.4) is 0 Å².